The molecule has 3 nitrogen and oxygen atoms in total. The first-order valence-electron chi connectivity index (χ1n) is 7.90. The van der Waals surface area contributed by atoms with Crippen LogP contribution >= 0.6 is 0 Å². The van der Waals surface area contributed by atoms with E-state index >= 15 is 0 Å². The zero-order valence-corrected chi connectivity index (χ0v) is 13.4. The second kappa shape index (κ2) is 6.91. The average molecular weight is 328 g/mol. The van der Waals surface area contributed by atoms with Crippen LogP contribution < -0.4 is 5.73 Å². The summed E-state index contributed by atoms with van der Waals surface area (Å²) < 4.78 is 37.7. The van der Waals surface area contributed by atoms with E-state index in [0.29, 0.717) is 13.0 Å². The van der Waals surface area contributed by atoms with Crippen LogP contribution in [-0.2, 0) is 17.4 Å². The highest BCUT2D eigenvalue weighted by molar-refractivity contribution is 5.79. The van der Waals surface area contributed by atoms with Gasteiger partial charge in [0.1, 0.15) is 0 Å². The molecule has 0 saturated carbocycles. The molecule has 2 rings (SSSR count). The van der Waals surface area contributed by atoms with Crippen LogP contribution in [0.2, 0.25) is 0 Å². The first-order valence-corrected chi connectivity index (χ1v) is 7.90. The molecular weight excluding hydrogens is 305 g/mol. The van der Waals surface area contributed by atoms with E-state index in [9.17, 15) is 18.0 Å². The van der Waals surface area contributed by atoms with Crippen molar-refractivity contribution in [3.8, 4) is 0 Å². The molecule has 2 N–H and O–H groups in total. The number of rotatable bonds is 3. The van der Waals surface area contributed by atoms with Crippen molar-refractivity contribution >= 4 is 5.91 Å². The topological polar surface area (TPSA) is 46.3 Å². The number of alkyl halides is 3. The Hall–Kier alpha value is -1.56. The van der Waals surface area contributed by atoms with Crippen LogP contribution in [0.1, 0.15) is 37.8 Å². The summed E-state index contributed by atoms with van der Waals surface area (Å²) in [6, 6.07) is 5.27. The average Bonchev–Trinajstić information content (AvgIpc) is 2.46. The van der Waals surface area contributed by atoms with Gasteiger partial charge in [-0.3, -0.25) is 4.79 Å². The summed E-state index contributed by atoms with van der Waals surface area (Å²) in [5, 5.41) is 0. The molecule has 0 radical (unpaired) electrons. The molecule has 1 fully saturated rings. The summed E-state index contributed by atoms with van der Waals surface area (Å²) in [5.74, 6) is -0.215. The van der Waals surface area contributed by atoms with Gasteiger partial charge in [-0.05, 0) is 43.9 Å². The van der Waals surface area contributed by atoms with E-state index < -0.39 is 11.7 Å². The normalized spacial score (nSPS) is 23.7. The number of amides is 1. The Bertz CT molecular complexity index is 542. The quantitative estimate of drug-likeness (QED) is 0.926. The Morgan fingerprint density at radius 1 is 1.35 bits per heavy atom. The fourth-order valence-corrected chi connectivity index (χ4v) is 3.09. The molecule has 128 valence electrons. The number of likely N-dealkylation sites (tertiary alicyclic amines) is 1. The van der Waals surface area contributed by atoms with Gasteiger partial charge in [0.15, 0.2) is 0 Å². The van der Waals surface area contributed by atoms with E-state index in [4.69, 9.17) is 5.73 Å². The Labute approximate surface area is 134 Å². The maximum atomic E-state index is 12.6. The zero-order valence-electron chi connectivity index (χ0n) is 13.4. The Morgan fingerprint density at radius 2 is 1.96 bits per heavy atom. The SMILES string of the molecule is C[C@H](Cc1ccc(C(F)(F)F)cc1)C(=O)N1CC[C@H](N)C[C@@H]1C. The molecule has 3 atom stereocenters. The number of halogens is 3. The predicted octanol–water partition coefficient (Wildman–Crippen LogP) is 3.22. The first-order chi connectivity index (χ1) is 10.7. The standard InChI is InChI=1S/C17H23F3N2O/c1-11(16(23)22-8-7-15(21)10-12(22)2)9-13-3-5-14(6-4-13)17(18,19)20/h3-6,11-12,15H,7-10,21H2,1-2H3/t11-,12+,15+/m1/s1. The highest BCUT2D eigenvalue weighted by Crippen LogP contribution is 2.29. The minimum absolute atomic E-state index is 0.0456. The molecular formula is C17H23F3N2O. The number of benzene rings is 1. The Balaban J connectivity index is 1.98. The Kier molecular flexibility index (Phi) is 5.34. The highest BCUT2D eigenvalue weighted by Gasteiger charge is 2.31. The number of nitrogens with zero attached hydrogens (tertiary/aromatic N) is 1. The van der Waals surface area contributed by atoms with Gasteiger partial charge in [-0.15, -0.1) is 0 Å². The summed E-state index contributed by atoms with van der Waals surface area (Å²) in [5.41, 5.74) is 5.98. The van der Waals surface area contributed by atoms with Gasteiger partial charge in [-0.1, -0.05) is 19.1 Å². The molecule has 1 heterocycles. The van der Waals surface area contributed by atoms with Gasteiger partial charge < -0.3 is 10.6 Å². The van der Waals surface area contributed by atoms with Crippen molar-refractivity contribution in [3.63, 3.8) is 0 Å². The van der Waals surface area contributed by atoms with Crippen LogP contribution in [0.4, 0.5) is 13.2 Å². The third-order valence-corrected chi connectivity index (χ3v) is 4.44. The zero-order chi connectivity index (χ0) is 17.2. The van der Waals surface area contributed by atoms with Crippen molar-refractivity contribution in [1.29, 1.82) is 0 Å². The van der Waals surface area contributed by atoms with Crippen molar-refractivity contribution in [3.05, 3.63) is 35.4 Å². The molecule has 1 saturated heterocycles. The maximum absolute atomic E-state index is 12.6. The monoisotopic (exact) mass is 328 g/mol. The number of nitrogens with two attached hydrogens (primary N) is 1. The maximum Gasteiger partial charge on any atom is 0.416 e. The van der Waals surface area contributed by atoms with Crippen molar-refractivity contribution in [1.82, 2.24) is 4.90 Å². The highest BCUT2D eigenvalue weighted by atomic mass is 19.4. The molecule has 6 heteroatoms. The van der Waals surface area contributed by atoms with E-state index in [1.807, 2.05) is 18.7 Å². The largest absolute Gasteiger partial charge is 0.416 e. The fraction of sp³-hybridized carbons (Fsp3) is 0.588. The van der Waals surface area contributed by atoms with E-state index in [1.165, 1.54) is 12.1 Å². The van der Waals surface area contributed by atoms with Crippen LogP contribution in [0.15, 0.2) is 24.3 Å². The fourth-order valence-electron chi connectivity index (χ4n) is 3.09. The van der Waals surface area contributed by atoms with E-state index in [2.05, 4.69) is 0 Å². The molecule has 1 aliphatic rings. The third-order valence-electron chi connectivity index (χ3n) is 4.44. The molecule has 1 aliphatic heterocycles. The predicted molar refractivity (Wildman–Crippen MR) is 82.7 cm³/mol. The van der Waals surface area contributed by atoms with E-state index in [0.717, 1.165) is 30.5 Å². The summed E-state index contributed by atoms with van der Waals surface area (Å²) in [4.78, 5) is 14.4. The van der Waals surface area contributed by atoms with Crippen molar-refractivity contribution in [2.45, 2.75) is 51.4 Å². The van der Waals surface area contributed by atoms with Crippen LogP contribution in [0, 0.1) is 5.92 Å². The van der Waals surface area contributed by atoms with Gasteiger partial charge >= 0.3 is 6.18 Å². The first kappa shape index (κ1) is 17.8. The molecule has 1 amide bonds. The minimum atomic E-state index is -4.33. The third kappa shape index (κ3) is 4.47. The lowest BCUT2D eigenvalue weighted by Gasteiger charge is -2.38. The lowest BCUT2D eigenvalue weighted by atomic mass is 9.94. The second-order valence-electron chi connectivity index (χ2n) is 6.46. The van der Waals surface area contributed by atoms with Crippen molar-refractivity contribution < 1.29 is 18.0 Å². The molecule has 23 heavy (non-hydrogen) atoms. The number of piperidine rings is 1. The molecule has 0 unspecified atom stereocenters. The molecule has 0 aromatic heterocycles. The molecule has 1 aromatic carbocycles. The summed E-state index contributed by atoms with van der Waals surface area (Å²) in [7, 11) is 0. The minimum Gasteiger partial charge on any atom is -0.340 e. The number of hydrogen-bond acceptors (Lipinski definition) is 2. The van der Waals surface area contributed by atoms with Crippen LogP contribution in [0.25, 0.3) is 0 Å². The second-order valence-corrected chi connectivity index (χ2v) is 6.46. The van der Waals surface area contributed by atoms with Crippen molar-refractivity contribution in [2.24, 2.45) is 11.7 Å². The van der Waals surface area contributed by atoms with Gasteiger partial charge in [-0.2, -0.15) is 13.2 Å². The van der Waals surface area contributed by atoms with Crippen LogP contribution in [-0.4, -0.2) is 29.4 Å². The van der Waals surface area contributed by atoms with Gasteiger partial charge in [0, 0.05) is 24.5 Å². The smallest absolute Gasteiger partial charge is 0.340 e. The van der Waals surface area contributed by atoms with Gasteiger partial charge in [0.25, 0.3) is 0 Å². The lowest BCUT2D eigenvalue weighted by Crippen LogP contribution is -2.50. The van der Waals surface area contributed by atoms with Gasteiger partial charge in [-0.25, -0.2) is 0 Å². The van der Waals surface area contributed by atoms with Crippen LogP contribution in [0.5, 0.6) is 0 Å². The number of hydrogen-bond donors (Lipinski definition) is 1. The van der Waals surface area contributed by atoms with E-state index in [-0.39, 0.29) is 23.9 Å². The number of carbonyl (C=O) groups is 1. The lowest BCUT2D eigenvalue weighted by molar-refractivity contribution is -0.139. The molecule has 0 spiro atoms. The van der Waals surface area contributed by atoms with E-state index in [1.54, 1.807) is 0 Å². The summed E-state index contributed by atoms with van der Waals surface area (Å²) in [6.07, 6.45) is -2.31. The molecule has 1 aromatic rings. The van der Waals surface area contributed by atoms with Gasteiger partial charge in [0.2, 0.25) is 5.91 Å². The summed E-state index contributed by atoms with van der Waals surface area (Å²) in [6.45, 7) is 4.46. The van der Waals surface area contributed by atoms with Crippen molar-refractivity contribution in [2.75, 3.05) is 6.54 Å². The number of carbonyl (C=O) groups excluding carboxylic acids is 1. The molecule has 0 bridgehead atoms. The molecule has 0 aliphatic carbocycles. The Morgan fingerprint density at radius 3 is 2.48 bits per heavy atom. The van der Waals surface area contributed by atoms with Gasteiger partial charge in [0.05, 0.1) is 5.56 Å². The van der Waals surface area contributed by atoms with Crippen LogP contribution in [0.3, 0.4) is 0 Å². The summed E-state index contributed by atoms with van der Waals surface area (Å²) >= 11 is 0.